The maximum absolute atomic E-state index is 11.4. The second kappa shape index (κ2) is 5.14. The van der Waals surface area contributed by atoms with E-state index in [9.17, 15) is 9.59 Å². The molecular formula is C12H18O4. The van der Waals surface area contributed by atoms with Gasteiger partial charge >= 0.3 is 11.9 Å². The smallest absolute Gasteiger partial charge is 0.318 e. The fourth-order valence-electron chi connectivity index (χ4n) is 2.12. The van der Waals surface area contributed by atoms with Gasteiger partial charge in [0.05, 0.1) is 0 Å². The number of hydrogen-bond donors (Lipinski definition) is 1. The van der Waals surface area contributed by atoms with Gasteiger partial charge in [-0.15, -0.1) is 0 Å². The molecule has 1 fully saturated rings. The lowest BCUT2D eigenvalue weighted by molar-refractivity contribution is -0.162. The Morgan fingerprint density at radius 1 is 1.31 bits per heavy atom. The molecule has 0 radical (unpaired) electrons. The van der Waals surface area contributed by atoms with Crippen molar-refractivity contribution < 1.29 is 19.4 Å². The second-order valence-electron chi connectivity index (χ2n) is 4.38. The first-order chi connectivity index (χ1) is 7.46. The average molecular weight is 226 g/mol. The van der Waals surface area contributed by atoms with Crippen LogP contribution in [0.15, 0.2) is 12.2 Å². The van der Waals surface area contributed by atoms with Gasteiger partial charge < -0.3 is 9.84 Å². The van der Waals surface area contributed by atoms with Crippen LogP contribution in [0.4, 0.5) is 0 Å². The van der Waals surface area contributed by atoms with E-state index in [0.717, 1.165) is 37.7 Å². The lowest BCUT2D eigenvalue weighted by Gasteiger charge is -2.37. The maximum atomic E-state index is 11.4. The summed E-state index contributed by atoms with van der Waals surface area (Å²) in [6, 6.07) is 0. The van der Waals surface area contributed by atoms with Crippen LogP contribution in [0.2, 0.25) is 0 Å². The molecule has 1 saturated carbocycles. The number of carbonyl (C=O) groups excluding carboxylic acids is 1. The van der Waals surface area contributed by atoms with E-state index >= 15 is 0 Å². The van der Waals surface area contributed by atoms with Crippen LogP contribution in [0.1, 0.15) is 45.4 Å². The third-order valence-electron chi connectivity index (χ3n) is 3.04. The monoisotopic (exact) mass is 226 g/mol. The third-order valence-corrected chi connectivity index (χ3v) is 3.04. The molecule has 1 aliphatic carbocycles. The van der Waals surface area contributed by atoms with Crippen molar-refractivity contribution in [2.45, 2.75) is 51.0 Å². The van der Waals surface area contributed by atoms with Crippen LogP contribution < -0.4 is 0 Å². The lowest BCUT2D eigenvalue weighted by Crippen LogP contribution is -2.38. The Morgan fingerprint density at radius 2 is 1.88 bits per heavy atom. The summed E-state index contributed by atoms with van der Waals surface area (Å²) < 4.78 is 5.33. The van der Waals surface area contributed by atoms with E-state index in [1.54, 1.807) is 0 Å². The Hall–Kier alpha value is -1.32. The summed E-state index contributed by atoms with van der Waals surface area (Å²) in [5, 5.41) is 8.51. The average Bonchev–Trinajstić information content (AvgIpc) is 2.17. The topological polar surface area (TPSA) is 63.6 Å². The first-order valence-electron chi connectivity index (χ1n) is 5.56. The van der Waals surface area contributed by atoms with Gasteiger partial charge in [-0.3, -0.25) is 9.59 Å². The fraction of sp³-hybridized carbons (Fsp3) is 0.667. The van der Waals surface area contributed by atoms with Gasteiger partial charge in [0.2, 0.25) is 0 Å². The zero-order chi connectivity index (χ0) is 12.2. The predicted molar refractivity (Wildman–Crippen MR) is 59.0 cm³/mol. The van der Waals surface area contributed by atoms with Crippen molar-refractivity contribution in [1.29, 1.82) is 0 Å². The molecule has 4 nitrogen and oxygen atoms in total. The Morgan fingerprint density at radius 3 is 2.31 bits per heavy atom. The third kappa shape index (κ3) is 3.08. The van der Waals surface area contributed by atoms with Gasteiger partial charge in [-0.25, -0.2) is 0 Å². The van der Waals surface area contributed by atoms with E-state index in [4.69, 9.17) is 9.84 Å². The lowest BCUT2D eigenvalue weighted by atomic mass is 9.80. The highest BCUT2D eigenvalue weighted by Gasteiger charge is 2.36. The summed E-state index contributed by atoms with van der Waals surface area (Å²) in [6.45, 7) is 5.69. The minimum atomic E-state index is -1.15. The standard InChI is InChI=1S/C12H18O4/c1-9(2)12(6-4-3-5-7-12)16-11(15)8-10(13)14/h1,3-8H2,2H3,(H,13,14). The van der Waals surface area contributed by atoms with Crippen LogP contribution in [0.25, 0.3) is 0 Å². The quantitative estimate of drug-likeness (QED) is 0.454. The van der Waals surface area contributed by atoms with Crippen LogP contribution in [-0.4, -0.2) is 22.6 Å². The highest BCUT2D eigenvalue weighted by molar-refractivity contribution is 5.90. The Balaban J connectivity index is 2.67. The van der Waals surface area contributed by atoms with Gasteiger partial charge in [0.1, 0.15) is 12.0 Å². The highest BCUT2D eigenvalue weighted by atomic mass is 16.6. The van der Waals surface area contributed by atoms with Crippen LogP contribution in [-0.2, 0) is 14.3 Å². The number of carbonyl (C=O) groups is 2. The van der Waals surface area contributed by atoms with Gasteiger partial charge in [0, 0.05) is 0 Å². The second-order valence-corrected chi connectivity index (χ2v) is 4.38. The highest BCUT2D eigenvalue weighted by Crippen LogP contribution is 2.37. The van der Waals surface area contributed by atoms with Gasteiger partial charge in [-0.05, 0) is 38.2 Å². The summed E-state index contributed by atoms with van der Waals surface area (Å²) in [6.07, 6.45) is 4.06. The first-order valence-corrected chi connectivity index (χ1v) is 5.56. The van der Waals surface area contributed by atoms with Crippen molar-refractivity contribution in [3.05, 3.63) is 12.2 Å². The minimum Gasteiger partial charge on any atom is -0.481 e. The van der Waals surface area contributed by atoms with Crippen molar-refractivity contribution in [3.8, 4) is 0 Å². The molecule has 0 heterocycles. The molecule has 0 amide bonds. The van der Waals surface area contributed by atoms with Crippen LogP contribution in [0, 0.1) is 0 Å². The molecule has 1 N–H and O–H groups in total. The molecule has 4 heteroatoms. The first kappa shape index (κ1) is 12.7. The molecule has 90 valence electrons. The fourth-order valence-corrected chi connectivity index (χ4v) is 2.12. The maximum Gasteiger partial charge on any atom is 0.318 e. The number of ether oxygens (including phenoxy) is 1. The minimum absolute atomic E-state index is 0.574. The number of carboxylic acid groups (broad SMARTS) is 1. The largest absolute Gasteiger partial charge is 0.481 e. The summed E-state index contributed by atoms with van der Waals surface area (Å²) in [4.78, 5) is 21.8. The van der Waals surface area contributed by atoms with Crippen LogP contribution in [0.5, 0.6) is 0 Å². The number of hydrogen-bond acceptors (Lipinski definition) is 3. The van der Waals surface area contributed by atoms with Gasteiger partial charge in [0.15, 0.2) is 0 Å². The van der Waals surface area contributed by atoms with Gasteiger partial charge in [0.25, 0.3) is 0 Å². The molecule has 0 spiro atoms. The normalized spacial score (nSPS) is 18.8. The number of aliphatic carboxylic acids is 1. The van der Waals surface area contributed by atoms with Crippen molar-refractivity contribution in [2.75, 3.05) is 0 Å². The van der Waals surface area contributed by atoms with Gasteiger partial charge in [-0.2, -0.15) is 0 Å². The van der Waals surface area contributed by atoms with Gasteiger partial charge in [-0.1, -0.05) is 13.0 Å². The zero-order valence-corrected chi connectivity index (χ0v) is 9.62. The number of rotatable bonds is 4. The SMILES string of the molecule is C=C(C)C1(OC(=O)CC(=O)O)CCCCC1. The Bertz CT molecular complexity index is 300. The molecule has 1 rings (SSSR count). The summed E-state index contributed by atoms with van der Waals surface area (Å²) in [5.74, 6) is -1.82. The van der Waals surface area contributed by atoms with Crippen molar-refractivity contribution in [1.82, 2.24) is 0 Å². The van der Waals surface area contributed by atoms with Crippen molar-refractivity contribution >= 4 is 11.9 Å². The molecule has 0 saturated heterocycles. The number of carboxylic acids is 1. The predicted octanol–water partition coefficient (Wildman–Crippen LogP) is 2.28. The molecule has 0 aromatic heterocycles. The Kier molecular flexibility index (Phi) is 4.10. The molecule has 0 atom stereocenters. The van der Waals surface area contributed by atoms with E-state index in [1.165, 1.54) is 0 Å². The molecule has 0 aliphatic heterocycles. The summed E-state index contributed by atoms with van der Waals surface area (Å²) in [7, 11) is 0. The molecular weight excluding hydrogens is 208 g/mol. The number of esters is 1. The zero-order valence-electron chi connectivity index (χ0n) is 9.62. The molecule has 0 unspecified atom stereocenters. The van der Waals surface area contributed by atoms with Crippen molar-refractivity contribution in [2.24, 2.45) is 0 Å². The van der Waals surface area contributed by atoms with Crippen LogP contribution in [0.3, 0.4) is 0 Å². The molecule has 0 bridgehead atoms. The molecule has 0 aromatic rings. The van der Waals surface area contributed by atoms with Crippen LogP contribution >= 0.6 is 0 Å². The molecule has 16 heavy (non-hydrogen) atoms. The summed E-state index contributed by atoms with van der Waals surface area (Å²) in [5.41, 5.74) is 0.191. The van der Waals surface area contributed by atoms with Crippen molar-refractivity contribution in [3.63, 3.8) is 0 Å². The van der Waals surface area contributed by atoms with E-state index < -0.39 is 24.0 Å². The molecule has 1 aliphatic rings. The van der Waals surface area contributed by atoms with E-state index in [-0.39, 0.29) is 0 Å². The van der Waals surface area contributed by atoms with E-state index in [1.807, 2.05) is 6.92 Å². The van der Waals surface area contributed by atoms with E-state index in [0.29, 0.717) is 0 Å². The van der Waals surface area contributed by atoms with E-state index in [2.05, 4.69) is 6.58 Å². The molecule has 0 aromatic carbocycles. The summed E-state index contributed by atoms with van der Waals surface area (Å²) >= 11 is 0. The Labute approximate surface area is 95.3 Å².